The van der Waals surface area contributed by atoms with Crippen LogP contribution in [0.4, 0.5) is 17.1 Å². The Bertz CT molecular complexity index is 1720. The van der Waals surface area contributed by atoms with Gasteiger partial charge in [-0.3, -0.25) is 4.98 Å². The number of pyridine rings is 1. The fourth-order valence-electron chi connectivity index (χ4n) is 5.18. The standard InChI is InChI=1S/C31H20N2/c1-3-9-24(10-4-1)33(25-11-5-2-6-12-25)28-18-15-21-13-17-27-30-22(14-16-26(28)29(21)30)20-23-8-7-19-32-31(23)27/h1-20H. The molecule has 0 fully saturated rings. The maximum absolute atomic E-state index is 4.73. The van der Waals surface area contributed by atoms with E-state index < -0.39 is 0 Å². The summed E-state index contributed by atoms with van der Waals surface area (Å²) in [6, 6.07) is 41.1. The Morgan fingerprint density at radius 1 is 0.485 bits per heavy atom. The summed E-state index contributed by atoms with van der Waals surface area (Å²) in [5.41, 5.74) is 4.53. The molecule has 1 heterocycles. The summed E-state index contributed by atoms with van der Waals surface area (Å²) in [4.78, 5) is 7.08. The van der Waals surface area contributed by atoms with Gasteiger partial charge in [0.1, 0.15) is 0 Å². The van der Waals surface area contributed by atoms with Crippen LogP contribution in [0, 0.1) is 0 Å². The van der Waals surface area contributed by atoms with E-state index in [0.29, 0.717) is 0 Å². The van der Waals surface area contributed by atoms with Crippen LogP contribution < -0.4 is 4.90 Å². The van der Waals surface area contributed by atoms with Crippen LogP contribution in [0.3, 0.4) is 0 Å². The van der Waals surface area contributed by atoms with Crippen molar-refractivity contribution in [2.45, 2.75) is 0 Å². The molecule has 2 heteroatoms. The minimum atomic E-state index is 1.06. The van der Waals surface area contributed by atoms with Crippen molar-refractivity contribution in [3.63, 3.8) is 0 Å². The topological polar surface area (TPSA) is 16.1 Å². The van der Waals surface area contributed by atoms with Crippen LogP contribution >= 0.6 is 0 Å². The highest BCUT2D eigenvalue weighted by molar-refractivity contribution is 6.30. The lowest BCUT2D eigenvalue weighted by Crippen LogP contribution is -2.10. The van der Waals surface area contributed by atoms with Crippen LogP contribution in [0.2, 0.25) is 0 Å². The van der Waals surface area contributed by atoms with E-state index in [1.165, 1.54) is 43.4 Å². The lowest BCUT2D eigenvalue weighted by Gasteiger charge is -2.27. The van der Waals surface area contributed by atoms with E-state index in [4.69, 9.17) is 4.98 Å². The van der Waals surface area contributed by atoms with Crippen LogP contribution in [0.5, 0.6) is 0 Å². The van der Waals surface area contributed by atoms with Gasteiger partial charge in [0.15, 0.2) is 0 Å². The van der Waals surface area contributed by atoms with Crippen LogP contribution in [-0.4, -0.2) is 4.98 Å². The average molecular weight is 421 g/mol. The third kappa shape index (κ3) is 2.71. The minimum Gasteiger partial charge on any atom is -0.310 e. The lowest BCUT2D eigenvalue weighted by atomic mass is 9.91. The van der Waals surface area contributed by atoms with Gasteiger partial charge in [-0.15, -0.1) is 0 Å². The largest absolute Gasteiger partial charge is 0.310 e. The van der Waals surface area contributed by atoms with Gasteiger partial charge in [-0.2, -0.15) is 0 Å². The molecule has 7 aromatic rings. The van der Waals surface area contributed by atoms with Gasteiger partial charge in [-0.1, -0.05) is 72.8 Å². The number of aromatic nitrogens is 1. The van der Waals surface area contributed by atoms with Gasteiger partial charge in [0.25, 0.3) is 0 Å². The molecule has 0 aliphatic carbocycles. The SMILES string of the molecule is c1ccc(N(c2ccccc2)c2ccc3ccc4c5ncccc5cc5ccc2c3c54)cc1. The summed E-state index contributed by atoms with van der Waals surface area (Å²) in [5.74, 6) is 0. The second kappa shape index (κ2) is 7.04. The molecular formula is C31H20N2. The zero-order valence-electron chi connectivity index (χ0n) is 17.9. The molecule has 0 aliphatic heterocycles. The van der Waals surface area contributed by atoms with E-state index in [1.54, 1.807) is 0 Å². The highest BCUT2D eigenvalue weighted by Gasteiger charge is 2.18. The van der Waals surface area contributed by atoms with E-state index in [9.17, 15) is 0 Å². The van der Waals surface area contributed by atoms with Crippen molar-refractivity contribution < 1.29 is 0 Å². The molecule has 2 nitrogen and oxygen atoms in total. The zero-order valence-corrected chi connectivity index (χ0v) is 17.9. The molecule has 7 rings (SSSR count). The highest BCUT2D eigenvalue weighted by atomic mass is 15.1. The van der Waals surface area contributed by atoms with Crippen molar-refractivity contribution in [1.82, 2.24) is 4.98 Å². The first-order valence-electron chi connectivity index (χ1n) is 11.2. The number of fused-ring (bicyclic) bond motifs is 2. The molecule has 0 radical (unpaired) electrons. The molecule has 1 aromatic heterocycles. The summed E-state index contributed by atoms with van der Waals surface area (Å²) in [7, 11) is 0. The van der Waals surface area contributed by atoms with E-state index in [2.05, 4.69) is 114 Å². The quantitative estimate of drug-likeness (QED) is 0.210. The first-order valence-corrected chi connectivity index (χ1v) is 11.2. The molecule has 0 atom stereocenters. The van der Waals surface area contributed by atoms with Crippen molar-refractivity contribution in [1.29, 1.82) is 0 Å². The van der Waals surface area contributed by atoms with E-state index in [0.717, 1.165) is 16.9 Å². The minimum absolute atomic E-state index is 1.06. The van der Waals surface area contributed by atoms with Crippen molar-refractivity contribution in [3.05, 3.63) is 121 Å². The lowest BCUT2D eigenvalue weighted by molar-refractivity contribution is 1.30. The number of hydrogen-bond acceptors (Lipinski definition) is 2. The van der Waals surface area contributed by atoms with Gasteiger partial charge < -0.3 is 4.90 Å². The van der Waals surface area contributed by atoms with E-state index in [1.807, 2.05) is 12.3 Å². The van der Waals surface area contributed by atoms with Crippen molar-refractivity contribution in [2.75, 3.05) is 4.90 Å². The van der Waals surface area contributed by atoms with Gasteiger partial charge in [0, 0.05) is 33.7 Å². The van der Waals surface area contributed by atoms with Crippen molar-refractivity contribution in [3.8, 4) is 0 Å². The van der Waals surface area contributed by atoms with Crippen LogP contribution in [0.15, 0.2) is 121 Å². The van der Waals surface area contributed by atoms with Gasteiger partial charge in [-0.25, -0.2) is 0 Å². The molecule has 6 aromatic carbocycles. The van der Waals surface area contributed by atoms with Crippen LogP contribution in [0.1, 0.15) is 0 Å². The molecule has 0 aliphatic rings. The molecule has 0 spiro atoms. The Morgan fingerprint density at radius 3 is 1.88 bits per heavy atom. The predicted octanol–water partition coefficient (Wildman–Crippen LogP) is 8.60. The molecule has 0 bridgehead atoms. The Labute approximate surface area is 191 Å². The number of para-hydroxylation sites is 2. The summed E-state index contributed by atoms with van der Waals surface area (Å²) in [5, 5.41) is 8.73. The number of anilines is 3. The molecule has 0 saturated heterocycles. The van der Waals surface area contributed by atoms with E-state index in [-0.39, 0.29) is 0 Å². The van der Waals surface area contributed by atoms with Crippen LogP contribution in [-0.2, 0) is 0 Å². The Balaban J connectivity index is 1.61. The van der Waals surface area contributed by atoms with E-state index >= 15 is 0 Å². The predicted molar refractivity (Wildman–Crippen MR) is 140 cm³/mol. The number of nitrogens with zero attached hydrogens (tertiary/aromatic N) is 2. The Morgan fingerprint density at radius 2 is 1.12 bits per heavy atom. The summed E-state index contributed by atoms with van der Waals surface area (Å²) >= 11 is 0. The summed E-state index contributed by atoms with van der Waals surface area (Å²) in [6.07, 6.45) is 1.89. The molecule has 0 amide bonds. The van der Waals surface area contributed by atoms with Gasteiger partial charge >= 0.3 is 0 Å². The monoisotopic (exact) mass is 420 g/mol. The van der Waals surface area contributed by atoms with Gasteiger partial charge in [-0.05, 0) is 64.0 Å². The first kappa shape index (κ1) is 18.2. The van der Waals surface area contributed by atoms with Gasteiger partial charge in [0.05, 0.1) is 11.2 Å². The molecule has 0 saturated carbocycles. The normalized spacial score (nSPS) is 11.6. The van der Waals surface area contributed by atoms with Crippen molar-refractivity contribution in [2.24, 2.45) is 0 Å². The smallest absolute Gasteiger partial charge is 0.0780 e. The number of benzene rings is 6. The number of rotatable bonds is 3. The third-order valence-corrected chi connectivity index (χ3v) is 6.60. The Hall–Kier alpha value is -4.43. The number of hydrogen-bond donors (Lipinski definition) is 0. The summed E-state index contributed by atoms with van der Waals surface area (Å²) in [6.45, 7) is 0. The average Bonchev–Trinajstić information content (AvgIpc) is 2.89. The van der Waals surface area contributed by atoms with Gasteiger partial charge in [0.2, 0.25) is 0 Å². The molecular weight excluding hydrogens is 400 g/mol. The highest BCUT2D eigenvalue weighted by Crippen LogP contribution is 2.44. The third-order valence-electron chi connectivity index (χ3n) is 6.60. The van der Waals surface area contributed by atoms with Crippen molar-refractivity contribution >= 4 is 60.3 Å². The Kier molecular flexibility index (Phi) is 3.88. The second-order valence-electron chi connectivity index (χ2n) is 8.47. The molecule has 154 valence electrons. The molecule has 33 heavy (non-hydrogen) atoms. The second-order valence-corrected chi connectivity index (χ2v) is 8.47. The summed E-state index contributed by atoms with van der Waals surface area (Å²) < 4.78 is 0. The zero-order chi connectivity index (χ0) is 21.8. The maximum atomic E-state index is 4.73. The fraction of sp³-hybridized carbons (Fsp3) is 0. The fourth-order valence-corrected chi connectivity index (χ4v) is 5.18. The first-order chi connectivity index (χ1) is 16.4. The molecule has 0 N–H and O–H groups in total. The molecule has 0 unspecified atom stereocenters. The van der Waals surface area contributed by atoms with Crippen LogP contribution in [0.25, 0.3) is 43.2 Å². The maximum Gasteiger partial charge on any atom is 0.0780 e.